The SMILES string of the molecule is COc1cccc(N2CC[NH+](CC(=O)Nc3c(C)cccc3[N+](=O)[O-])CC2)c1. The van der Waals surface area contributed by atoms with E-state index in [0.717, 1.165) is 42.5 Å². The Kier molecular flexibility index (Phi) is 6.10. The molecule has 0 atom stereocenters. The van der Waals surface area contributed by atoms with E-state index in [1.165, 1.54) is 6.07 Å². The number of piperazine rings is 1. The van der Waals surface area contributed by atoms with Crippen LogP contribution in [0.3, 0.4) is 0 Å². The molecule has 0 spiro atoms. The molecule has 2 aromatic carbocycles. The highest BCUT2D eigenvalue weighted by Crippen LogP contribution is 2.27. The largest absolute Gasteiger partial charge is 0.497 e. The molecule has 1 aliphatic heterocycles. The predicted molar refractivity (Wildman–Crippen MR) is 107 cm³/mol. The van der Waals surface area contributed by atoms with Crippen LogP contribution in [0.4, 0.5) is 17.1 Å². The van der Waals surface area contributed by atoms with E-state index in [1.807, 2.05) is 18.2 Å². The van der Waals surface area contributed by atoms with Crippen LogP contribution in [-0.4, -0.2) is 50.7 Å². The number of ether oxygens (including phenoxy) is 1. The van der Waals surface area contributed by atoms with Gasteiger partial charge in [-0.05, 0) is 24.6 Å². The van der Waals surface area contributed by atoms with E-state index < -0.39 is 4.92 Å². The smallest absolute Gasteiger partial charge is 0.293 e. The minimum atomic E-state index is -0.470. The van der Waals surface area contributed by atoms with Crippen molar-refractivity contribution >= 4 is 23.0 Å². The van der Waals surface area contributed by atoms with Gasteiger partial charge in [0, 0.05) is 17.8 Å². The Hall–Kier alpha value is -3.13. The fraction of sp³-hybridized carbons (Fsp3) is 0.350. The maximum absolute atomic E-state index is 12.5. The Morgan fingerprint density at radius 3 is 2.64 bits per heavy atom. The van der Waals surface area contributed by atoms with Gasteiger partial charge in [-0.15, -0.1) is 0 Å². The van der Waals surface area contributed by atoms with Crippen LogP contribution < -0.4 is 19.9 Å². The van der Waals surface area contributed by atoms with Gasteiger partial charge in [0.2, 0.25) is 0 Å². The van der Waals surface area contributed by atoms with Gasteiger partial charge in [-0.1, -0.05) is 18.2 Å². The van der Waals surface area contributed by atoms with Crippen molar-refractivity contribution in [1.29, 1.82) is 0 Å². The lowest BCUT2D eigenvalue weighted by Crippen LogP contribution is -3.15. The first-order valence-corrected chi connectivity index (χ1v) is 9.24. The average molecular weight is 385 g/mol. The molecule has 0 saturated carbocycles. The highest BCUT2D eigenvalue weighted by atomic mass is 16.6. The van der Waals surface area contributed by atoms with Crippen molar-refractivity contribution in [2.45, 2.75) is 6.92 Å². The van der Waals surface area contributed by atoms with Gasteiger partial charge in [-0.25, -0.2) is 0 Å². The number of hydrogen-bond acceptors (Lipinski definition) is 5. The number of amides is 1. The van der Waals surface area contributed by atoms with Gasteiger partial charge in [0.25, 0.3) is 11.6 Å². The normalized spacial score (nSPS) is 14.6. The summed E-state index contributed by atoms with van der Waals surface area (Å²) in [6, 6.07) is 12.7. The first kappa shape index (κ1) is 19.6. The van der Waals surface area contributed by atoms with Crippen LogP contribution >= 0.6 is 0 Å². The number of rotatable bonds is 6. The molecule has 1 heterocycles. The quantitative estimate of drug-likeness (QED) is 0.577. The molecular weight excluding hydrogens is 360 g/mol. The molecule has 2 N–H and O–H groups in total. The molecule has 148 valence electrons. The minimum Gasteiger partial charge on any atom is -0.497 e. The molecule has 0 bridgehead atoms. The number of hydrogen-bond donors (Lipinski definition) is 2. The third-order valence-electron chi connectivity index (χ3n) is 5.01. The summed E-state index contributed by atoms with van der Waals surface area (Å²) in [6.45, 7) is 5.35. The summed E-state index contributed by atoms with van der Waals surface area (Å²) in [5.74, 6) is 0.619. The van der Waals surface area contributed by atoms with E-state index in [-0.39, 0.29) is 23.8 Å². The number of nitrogens with zero attached hydrogens (tertiary/aromatic N) is 2. The third kappa shape index (κ3) is 4.58. The van der Waals surface area contributed by atoms with Gasteiger partial charge in [0.1, 0.15) is 11.4 Å². The Labute approximate surface area is 163 Å². The fourth-order valence-electron chi connectivity index (χ4n) is 3.44. The molecule has 28 heavy (non-hydrogen) atoms. The Morgan fingerprint density at radius 2 is 1.96 bits per heavy atom. The molecule has 8 heteroatoms. The number of anilines is 2. The van der Waals surface area contributed by atoms with E-state index in [1.54, 1.807) is 26.2 Å². The number of para-hydroxylation sites is 1. The molecule has 0 aliphatic carbocycles. The topological polar surface area (TPSA) is 89.2 Å². The molecule has 2 aromatic rings. The zero-order chi connectivity index (χ0) is 20.1. The number of carbonyl (C=O) groups is 1. The van der Waals surface area contributed by atoms with Crippen molar-refractivity contribution in [3.05, 3.63) is 58.1 Å². The van der Waals surface area contributed by atoms with Crippen LogP contribution in [0.25, 0.3) is 0 Å². The number of quaternary nitrogens is 1. The maximum atomic E-state index is 12.5. The lowest BCUT2D eigenvalue weighted by atomic mass is 10.1. The first-order valence-electron chi connectivity index (χ1n) is 9.24. The van der Waals surface area contributed by atoms with Crippen LogP contribution in [0.5, 0.6) is 5.75 Å². The summed E-state index contributed by atoms with van der Waals surface area (Å²) in [5, 5.41) is 13.9. The number of methoxy groups -OCH3 is 1. The van der Waals surface area contributed by atoms with Crippen LogP contribution in [0.2, 0.25) is 0 Å². The van der Waals surface area contributed by atoms with Crippen molar-refractivity contribution in [2.24, 2.45) is 0 Å². The van der Waals surface area contributed by atoms with Crippen LogP contribution in [0.15, 0.2) is 42.5 Å². The lowest BCUT2D eigenvalue weighted by molar-refractivity contribution is -0.892. The van der Waals surface area contributed by atoms with Crippen LogP contribution in [0, 0.1) is 17.0 Å². The lowest BCUT2D eigenvalue weighted by Gasteiger charge is -2.33. The van der Waals surface area contributed by atoms with Crippen molar-refractivity contribution in [1.82, 2.24) is 0 Å². The van der Waals surface area contributed by atoms with Crippen LogP contribution in [-0.2, 0) is 4.79 Å². The molecule has 0 unspecified atom stereocenters. The Morgan fingerprint density at radius 1 is 1.25 bits per heavy atom. The molecule has 8 nitrogen and oxygen atoms in total. The molecular formula is C20H25N4O4+. The third-order valence-corrected chi connectivity index (χ3v) is 5.01. The van der Waals surface area contributed by atoms with Gasteiger partial charge < -0.3 is 19.9 Å². The predicted octanol–water partition coefficient (Wildman–Crippen LogP) is 1.26. The first-order chi connectivity index (χ1) is 13.5. The van der Waals surface area contributed by atoms with Gasteiger partial charge in [-0.2, -0.15) is 0 Å². The van der Waals surface area contributed by atoms with Gasteiger partial charge in [-0.3, -0.25) is 14.9 Å². The van der Waals surface area contributed by atoms with Crippen molar-refractivity contribution in [3.8, 4) is 5.75 Å². The second kappa shape index (κ2) is 8.71. The summed E-state index contributed by atoms with van der Waals surface area (Å²) >= 11 is 0. The molecule has 1 fully saturated rings. The van der Waals surface area contributed by atoms with Crippen molar-refractivity contribution < 1.29 is 19.4 Å². The minimum absolute atomic E-state index is 0.0776. The summed E-state index contributed by atoms with van der Waals surface area (Å²) in [4.78, 5) is 26.6. The van der Waals surface area contributed by atoms with Gasteiger partial charge in [0.15, 0.2) is 6.54 Å². The molecule has 0 aromatic heterocycles. The Bertz CT molecular complexity index is 863. The summed E-state index contributed by atoms with van der Waals surface area (Å²) < 4.78 is 5.28. The second-order valence-corrected chi connectivity index (χ2v) is 6.89. The maximum Gasteiger partial charge on any atom is 0.293 e. The molecule has 1 aliphatic rings. The van der Waals surface area contributed by atoms with Crippen LogP contribution in [0.1, 0.15) is 5.56 Å². The Balaban J connectivity index is 1.56. The highest BCUT2D eigenvalue weighted by molar-refractivity contribution is 5.94. The van der Waals surface area contributed by atoms with E-state index >= 15 is 0 Å². The standard InChI is InChI=1S/C20H24N4O4/c1-15-5-3-8-18(24(26)27)20(15)21-19(25)14-22-9-11-23(12-10-22)16-6-4-7-17(13-16)28-2/h3-8,13H,9-12,14H2,1-2H3,(H,21,25)/p+1. The fourth-order valence-corrected chi connectivity index (χ4v) is 3.44. The van der Waals surface area contributed by atoms with Crippen molar-refractivity contribution in [3.63, 3.8) is 0 Å². The number of benzene rings is 2. The number of aryl methyl sites for hydroxylation is 1. The van der Waals surface area contributed by atoms with E-state index in [4.69, 9.17) is 4.74 Å². The van der Waals surface area contributed by atoms with Gasteiger partial charge >= 0.3 is 0 Å². The molecule has 1 saturated heterocycles. The summed E-state index contributed by atoms with van der Waals surface area (Å²) in [7, 11) is 1.65. The van der Waals surface area contributed by atoms with E-state index in [9.17, 15) is 14.9 Å². The van der Waals surface area contributed by atoms with Crippen molar-refractivity contribution in [2.75, 3.05) is 50.1 Å². The number of nitro groups is 1. The average Bonchev–Trinajstić information content (AvgIpc) is 2.70. The summed E-state index contributed by atoms with van der Waals surface area (Å²) in [6.07, 6.45) is 0. The number of carbonyl (C=O) groups excluding carboxylic acids is 1. The summed E-state index contributed by atoms with van der Waals surface area (Å²) in [5.41, 5.74) is 2.00. The second-order valence-electron chi connectivity index (χ2n) is 6.89. The molecule has 0 radical (unpaired) electrons. The number of nitrogens with one attached hydrogen (secondary N) is 2. The molecule has 1 amide bonds. The molecule has 3 rings (SSSR count). The van der Waals surface area contributed by atoms with E-state index in [2.05, 4.69) is 16.3 Å². The monoisotopic (exact) mass is 385 g/mol. The zero-order valence-electron chi connectivity index (χ0n) is 16.1. The van der Waals surface area contributed by atoms with Gasteiger partial charge in [0.05, 0.1) is 38.2 Å². The number of nitro benzene ring substituents is 1. The zero-order valence-corrected chi connectivity index (χ0v) is 16.1. The highest BCUT2D eigenvalue weighted by Gasteiger charge is 2.24. The van der Waals surface area contributed by atoms with E-state index in [0.29, 0.717) is 5.56 Å².